The van der Waals surface area contributed by atoms with Gasteiger partial charge in [-0.2, -0.15) is 0 Å². The minimum absolute atomic E-state index is 0.00408. The Morgan fingerprint density at radius 3 is 2.76 bits per heavy atom. The van der Waals surface area contributed by atoms with Crippen molar-refractivity contribution in [2.24, 2.45) is 34.5 Å². The molecule has 3 fully saturated rings. The van der Waals surface area contributed by atoms with Gasteiger partial charge < -0.3 is 20.1 Å². The van der Waals surface area contributed by atoms with Gasteiger partial charge in [-0.3, -0.25) is 9.59 Å². The number of carbonyl (C=O) groups is 2. The number of ketones is 2. The summed E-state index contributed by atoms with van der Waals surface area (Å²) >= 11 is 0. The van der Waals surface area contributed by atoms with E-state index in [1.165, 1.54) is 0 Å². The summed E-state index contributed by atoms with van der Waals surface area (Å²) in [7, 11) is 0. The fraction of sp³-hybridized carbons (Fsp3) is 0.739. The normalized spacial score (nSPS) is 48.6. The van der Waals surface area contributed by atoms with Gasteiger partial charge in [-0.05, 0) is 55.6 Å². The van der Waals surface area contributed by atoms with Crippen molar-refractivity contribution in [3.05, 3.63) is 23.8 Å². The molecule has 0 aromatic carbocycles. The van der Waals surface area contributed by atoms with Gasteiger partial charge in [0.05, 0.1) is 6.10 Å². The lowest BCUT2D eigenvalue weighted by molar-refractivity contribution is -0.186. The van der Waals surface area contributed by atoms with Gasteiger partial charge in [0.1, 0.15) is 19.0 Å². The van der Waals surface area contributed by atoms with Gasteiger partial charge in [-0.25, -0.2) is 0 Å². The lowest BCUT2D eigenvalue weighted by Crippen LogP contribution is -2.62. The zero-order valence-electron chi connectivity index (χ0n) is 17.4. The van der Waals surface area contributed by atoms with Gasteiger partial charge in [-0.15, -0.1) is 0 Å². The average Bonchev–Trinajstić information content (AvgIpc) is 2.87. The summed E-state index contributed by atoms with van der Waals surface area (Å²) in [4.78, 5) is 24.9. The molecule has 6 unspecified atom stereocenters. The first-order valence-corrected chi connectivity index (χ1v) is 10.7. The molecule has 6 heteroatoms. The van der Waals surface area contributed by atoms with E-state index < -0.39 is 29.7 Å². The van der Waals surface area contributed by atoms with Gasteiger partial charge in [-0.1, -0.05) is 32.4 Å². The molecule has 0 aliphatic heterocycles. The second-order valence-corrected chi connectivity index (χ2v) is 10.0. The van der Waals surface area contributed by atoms with Crippen LogP contribution in [0.15, 0.2) is 23.8 Å². The van der Waals surface area contributed by atoms with Crippen LogP contribution in [0.25, 0.3) is 0 Å². The van der Waals surface area contributed by atoms with Crippen molar-refractivity contribution < 1.29 is 29.6 Å². The van der Waals surface area contributed by atoms with Crippen molar-refractivity contribution in [3.8, 4) is 0 Å². The van der Waals surface area contributed by atoms with Gasteiger partial charge in [0.2, 0.25) is 0 Å². The second kappa shape index (κ2) is 6.84. The van der Waals surface area contributed by atoms with Crippen LogP contribution in [-0.4, -0.2) is 52.0 Å². The molecule has 4 rings (SSSR count). The Morgan fingerprint density at radius 2 is 2.07 bits per heavy atom. The summed E-state index contributed by atoms with van der Waals surface area (Å²) in [6.07, 6.45) is 7.28. The molecule has 0 spiro atoms. The molecule has 8 atom stereocenters. The first kappa shape index (κ1) is 20.9. The lowest BCUT2D eigenvalue weighted by Gasteiger charge is -2.59. The molecule has 3 saturated carbocycles. The molecular weight excluding hydrogens is 372 g/mol. The molecular formula is C23H32O6. The molecule has 4 aliphatic carbocycles. The standard InChI is InChI=1S/C23H32O6/c1-13-8-17-16-5-4-14-9-15(25)6-7-21(14,2)20(16)18(26)10-22(17,3)23(13,28)19(27)11-29-12-24/h6-7,9,13,16-18,20,24,26,28H,4-5,8,10-12H2,1-3H3/t13-,16?,17?,18?,20?,21?,22?,23+/m1/s1. The molecule has 160 valence electrons. The van der Waals surface area contributed by atoms with E-state index in [-0.39, 0.29) is 41.5 Å². The highest BCUT2D eigenvalue weighted by atomic mass is 16.6. The van der Waals surface area contributed by atoms with Gasteiger partial charge in [0, 0.05) is 16.7 Å². The smallest absolute Gasteiger partial charge is 0.190 e. The molecule has 0 amide bonds. The summed E-state index contributed by atoms with van der Waals surface area (Å²) in [5.41, 5.74) is -1.63. The summed E-state index contributed by atoms with van der Waals surface area (Å²) in [6.45, 7) is 5.04. The fourth-order valence-corrected chi connectivity index (χ4v) is 7.50. The van der Waals surface area contributed by atoms with Crippen LogP contribution in [0.5, 0.6) is 0 Å². The number of ether oxygens (including phenoxy) is 1. The first-order chi connectivity index (χ1) is 13.6. The molecule has 6 nitrogen and oxygen atoms in total. The Kier molecular flexibility index (Phi) is 4.93. The van der Waals surface area contributed by atoms with Crippen molar-refractivity contribution in [1.29, 1.82) is 0 Å². The highest BCUT2D eigenvalue weighted by molar-refractivity contribution is 6.01. The summed E-state index contributed by atoms with van der Waals surface area (Å²) in [5, 5.41) is 31.9. The minimum Gasteiger partial charge on any atom is -0.393 e. The van der Waals surface area contributed by atoms with E-state index in [0.717, 1.165) is 18.4 Å². The van der Waals surface area contributed by atoms with Crippen molar-refractivity contribution in [2.75, 3.05) is 13.4 Å². The number of aliphatic hydroxyl groups excluding tert-OH is 2. The molecule has 0 aromatic heterocycles. The average molecular weight is 405 g/mol. The Hall–Kier alpha value is -1.34. The molecule has 0 bridgehead atoms. The summed E-state index contributed by atoms with van der Waals surface area (Å²) in [6, 6.07) is 0. The number of carbonyl (C=O) groups excluding carboxylic acids is 2. The lowest BCUT2D eigenvalue weighted by atomic mass is 9.46. The zero-order valence-corrected chi connectivity index (χ0v) is 17.4. The summed E-state index contributed by atoms with van der Waals surface area (Å²) < 4.78 is 4.91. The second-order valence-electron chi connectivity index (χ2n) is 10.0. The van der Waals surface area contributed by atoms with Crippen molar-refractivity contribution in [1.82, 2.24) is 0 Å². The minimum atomic E-state index is -1.59. The van der Waals surface area contributed by atoms with Gasteiger partial charge in [0.25, 0.3) is 0 Å². The van der Waals surface area contributed by atoms with E-state index in [9.17, 15) is 19.8 Å². The van der Waals surface area contributed by atoms with E-state index in [1.54, 1.807) is 12.2 Å². The molecule has 0 saturated heterocycles. The molecule has 0 radical (unpaired) electrons. The van der Waals surface area contributed by atoms with Crippen LogP contribution in [0, 0.1) is 34.5 Å². The molecule has 4 aliphatic rings. The van der Waals surface area contributed by atoms with Crippen molar-refractivity contribution >= 4 is 11.6 Å². The van der Waals surface area contributed by atoms with Crippen molar-refractivity contribution in [2.45, 2.75) is 58.2 Å². The Labute approximate surface area is 171 Å². The molecule has 0 heterocycles. The maximum Gasteiger partial charge on any atom is 0.190 e. The zero-order chi connectivity index (χ0) is 21.2. The highest BCUT2D eigenvalue weighted by Gasteiger charge is 2.70. The number of fused-ring (bicyclic) bond motifs is 5. The largest absolute Gasteiger partial charge is 0.393 e. The topological polar surface area (TPSA) is 104 Å². The van der Waals surface area contributed by atoms with Crippen LogP contribution in [0.3, 0.4) is 0 Å². The van der Waals surface area contributed by atoms with E-state index in [1.807, 2.05) is 19.9 Å². The van der Waals surface area contributed by atoms with E-state index in [4.69, 9.17) is 9.84 Å². The van der Waals surface area contributed by atoms with Gasteiger partial charge >= 0.3 is 0 Å². The van der Waals surface area contributed by atoms with Crippen LogP contribution >= 0.6 is 0 Å². The van der Waals surface area contributed by atoms with Crippen LogP contribution in [0.2, 0.25) is 0 Å². The fourth-order valence-electron chi connectivity index (χ4n) is 7.50. The monoisotopic (exact) mass is 404 g/mol. The van der Waals surface area contributed by atoms with E-state index >= 15 is 0 Å². The predicted molar refractivity (Wildman–Crippen MR) is 106 cm³/mol. The Balaban J connectivity index is 1.72. The predicted octanol–water partition coefficient (Wildman–Crippen LogP) is 1.78. The first-order valence-electron chi connectivity index (χ1n) is 10.7. The third-order valence-corrected chi connectivity index (χ3v) is 8.83. The van der Waals surface area contributed by atoms with Crippen LogP contribution in [-0.2, 0) is 14.3 Å². The molecule has 0 aromatic rings. The number of Topliss-reactive ketones (excluding diaryl/α,β-unsaturated/α-hetero) is 1. The van der Waals surface area contributed by atoms with E-state index in [2.05, 4.69) is 6.92 Å². The maximum atomic E-state index is 13.0. The third-order valence-electron chi connectivity index (χ3n) is 8.83. The SMILES string of the molecule is C[C@@H]1CC2C3CCC4=CC(=O)C=CC4(C)C3C(O)CC2(C)[C@@]1(O)C(=O)COCO. The number of hydrogen-bond acceptors (Lipinski definition) is 6. The summed E-state index contributed by atoms with van der Waals surface area (Å²) in [5.74, 6) is -0.454. The van der Waals surface area contributed by atoms with Crippen LogP contribution in [0.1, 0.15) is 46.5 Å². The number of allylic oxidation sites excluding steroid dienone is 4. The van der Waals surface area contributed by atoms with Crippen LogP contribution in [0.4, 0.5) is 0 Å². The maximum absolute atomic E-state index is 13.0. The molecule has 3 N–H and O–H groups in total. The number of hydrogen-bond donors (Lipinski definition) is 3. The Morgan fingerprint density at radius 1 is 1.34 bits per heavy atom. The third kappa shape index (κ3) is 2.69. The van der Waals surface area contributed by atoms with Crippen LogP contribution < -0.4 is 0 Å². The molecule has 29 heavy (non-hydrogen) atoms. The number of aliphatic hydroxyl groups is 3. The van der Waals surface area contributed by atoms with Crippen molar-refractivity contribution in [3.63, 3.8) is 0 Å². The van der Waals surface area contributed by atoms with Gasteiger partial charge in [0.15, 0.2) is 11.6 Å². The quantitative estimate of drug-likeness (QED) is 0.617. The Bertz CT molecular complexity index is 786. The number of rotatable bonds is 4. The highest BCUT2D eigenvalue weighted by Crippen LogP contribution is 2.68. The van der Waals surface area contributed by atoms with E-state index in [0.29, 0.717) is 12.8 Å².